The number of hydrogen-bond acceptors (Lipinski definition) is 7. The Kier molecular flexibility index (Phi) is 4.54. The van der Waals surface area contributed by atoms with E-state index in [2.05, 4.69) is 10.5 Å². The molecule has 0 spiro atoms. The molecule has 2 aromatic rings. The van der Waals surface area contributed by atoms with Crippen LogP contribution in [0.2, 0.25) is 0 Å². The molecule has 2 aromatic heterocycles. The lowest BCUT2D eigenvalue weighted by atomic mass is 10.3. The molecule has 0 saturated heterocycles. The summed E-state index contributed by atoms with van der Waals surface area (Å²) in [6.45, 7) is 1.49. The maximum Gasteiger partial charge on any atom is 0.332 e. The first-order chi connectivity index (χ1) is 11.3. The largest absolute Gasteiger partial charge is 0.360 e. The summed E-state index contributed by atoms with van der Waals surface area (Å²) in [5.41, 5.74) is -1.52. The Morgan fingerprint density at radius 1 is 1.42 bits per heavy atom. The lowest BCUT2D eigenvalue weighted by molar-refractivity contribution is -0.115. The van der Waals surface area contributed by atoms with Crippen molar-refractivity contribution in [3.05, 3.63) is 38.2 Å². The molecular weight excluding hydrogens is 316 g/mol. The summed E-state index contributed by atoms with van der Waals surface area (Å²) < 4.78 is 6.83. The van der Waals surface area contributed by atoms with Crippen molar-refractivity contribution in [2.75, 3.05) is 23.8 Å². The average molecular weight is 332 g/mol. The number of nitrogens with one attached hydrogen (secondary N) is 1. The Balaban J connectivity index is 2.32. The van der Waals surface area contributed by atoms with Crippen LogP contribution in [0.4, 0.5) is 11.6 Å². The maximum atomic E-state index is 12.1. The minimum absolute atomic E-state index is 0.0667. The van der Waals surface area contributed by atoms with Crippen molar-refractivity contribution in [3.63, 3.8) is 0 Å². The molecule has 0 atom stereocenters. The number of nitrogens with zero attached hydrogens (tertiary/aromatic N) is 5. The number of rotatable bonds is 4. The highest BCUT2D eigenvalue weighted by molar-refractivity contribution is 5.93. The molecular formula is C14H16N6O4. The molecule has 2 heterocycles. The molecule has 1 N–H and O–H groups in total. The molecule has 10 heteroatoms. The normalized spacial score (nSPS) is 10.3. The van der Waals surface area contributed by atoms with Crippen LogP contribution in [0.1, 0.15) is 11.3 Å². The van der Waals surface area contributed by atoms with Crippen molar-refractivity contribution in [2.24, 2.45) is 14.1 Å². The van der Waals surface area contributed by atoms with Gasteiger partial charge in [-0.05, 0) is 6.92 Å². The van der Waals surface area contributed by atoms with Crippen molar-refractivity contribution in [1.29, 1.82) is 5.26 Å². The highest BCUT2D eigenvalue weighted by atomic mass is 16.5. The molecule has 0 fully saturated rings. The first kappa shape index (κ1) is 17.0. The zero-order valence-corrected chi connectivity index (χ0v) is 13.7. The van der Waals surface area contributed by atoms with Crippen LogP contribution < -0.4 is 21.5 Å². The van der Waals surface area contributed by atoms with Crippen molar-refractivity contribution in [1.82, 2.24) is 14.3 Å². The number of likely N-dealkylation sites (N-methyl/N-ethyl adjacent to an activating group) is 1. The summed E-state index contributed by atoms with van der Waals surface area (Å²) in [6.07, 6.45) is 0. The number of aromatic nitrogens is 3. The maximum absolute atomic E-state index is 12.1. The van der Waals surface area contributed by atoms with Crippen molar-refractivity contribution < 1.29 is 9.32 Å². The van der Waals surface area contributed by atoms with Crippen molar-refractivity contribution >= 4 is 17.5 Å². The predicted molar refractivity (Wildman–Crippen MR) is 84.8 cm³/mol. The number of anilines is 2. The van der Waals surface area contributed by atoms with E-state index in [1.165, 1.54) is 26.0 Å². The van der Waals surface area contributed by atoms with Gasteiger partial charge >= 0.3 is 5.69 Å². The van der Waals surface area contributed by atoms with Crippen LogP contribution in [-0.4, -0.2) is 33.8 Å². The fourth-order valence-corrected chi connectivity index (χ4v) is 2.28. The summed E-state index contributed by atoms with van der Waals surface area (Å²) in [6, 6.07) is 3.33. The van der Waals surface area contributed by atoms with Gasteiger partial charge in [-0.25, -0.2) is 4.79 Å². The van der Waals surface area contributed by atoms with Crippen molar-refractivity contribution in [2.45, 2.75) is 6.92 Å². The summed E-state index contributed by atoms with van der Waals surface area (Å²) >= 11 is 0. The summed E-state index contributed by atoms with van der Waals surface area (Å²) in [7, 11) is 4.21. The standard InChI is InChI=1S/C14H16N6O4/c1-8-5-10(17-24-8)16-11(21)7-18(2)12-9(6-15)13(22)20(4)14(23)19(12)3/h5H,7H2,1-4H3,(H,16,17,21). The summed E-state index contributed by atoms with van der Waals surface area (Å²) in [5, 5.41) is 15.4. The van der Waals surface area contributed by atoms with Gasteiger partial charge in [0.25, 0.3) is 5.56 Å². The van der Waals surface area contributed by atoms with Gasteiger partial charge in [-0.15, -0.1) is 0 Å². The smallest absolute Gasteiger partial charge is 0.332 e. The SMILES string of the molecule is Cc1cc(NC(=O)CN(C)c2c(C#N)c(=O)n(C)c(=O)n2C)no1. The number of hydrogen-bond donors (Lipinski definition) is 1. The van der Waals surface area contributed by atoms with Crippen LogP contribution >= 0.6 is 0 Å². The minimum atomic E-state index is -0.713. The Hall–Kier alpha value is -3.35. The second-order valence-electron chi connectivity index (χ2n) is 5.24. The lowest BCUT2D eigenvalue weighted by Gasteiger charge is -2.22. The number of carbonyl (C=O) groups excluding carboxylic acids is 1. The van der Waals surface area contributed by atoms with Crippen LogP contribution in [0.3, 0.4) is 0 Å². The summed E-state index contributed by atoms with van der Waals surface area (Å²) in [5.74, 6) is 0.420. The molecule has 10 nitrogen and oxygen atoms in total. The van der Waals surface area contributed by atoms with Gasteiger partial charge in [0, 0.05) is 27.2 Å². The number of carbonyl (C=O) groups is 1. The Morgan fingerprint density at radius 2 is 2.08 bits per heavy atom. The highest BCUT2D eigenvalue weighted by Gasteiger charge is 2.20. The molecule has 0 bridgehead atoms. The third-order valence-corrected chi connectivity index (χ3v) is 3.38. The van der Waals surface area contributed by atoms with Gasteiger partial charge in [-0.1, -0.05) is 5.16 Å². The minimum Gasteiger partial charge on any atom is -0.360 e. The Labute approximate surface area is 136 Å². The van der Waals surface area contributed by atoms with E-state index >= 15 is 0 Å². The highest BCUT2D eigenvalue weighted by Crippen LogP contribution is 2.13. The topological polar surface area (TPSA) is 126 Å². The zero-order chi connectivity index (χ0) is 18.0. The first-order valence-electron chi connectivity index (χ1n) is 6.90. The number of aryl methyl sites for hydroxylation is 1. The van der Waals surface area contributed by atoms with E-state index in [4.69, 9.17) is 4.52 Å². The van der Waals surface area contributed by atoms with Crippen molar-refractivity contribution in [3.8, 4) is 6.07 Å². The third kappa shape index (κ3) is 3.05. The van der Waals surface area contributed by atoms with E-state index in [0.717, 1.165) is 9.13 Å². The number of nitriles is 1. The zero-order valence-electron chi connectivity index (χ0n) is 13.7. The van der Waals surface area contributed by atoms with Crippen LogP contribution in [0.15, 0.2) is 20.2 Å². The fourth-order valence-electron chi connectivity index (χ4n) is 2.28. The van der Waals surface area contributed by atoms with E-state index in [9.17, 15) is 19.6 Å². The Bertz CT molecular complexity index is 946. The molecule has 0 unspecified atom stereocenters. The van der Waals surface area contributed by atoms with Gasteiger partial charge < -0.3 is 14.7 Å². The Morgan fingerprint density at radius 3 is 2.62 bits per heavy atom. The molecule has 0 aliphatic carbocycles. The van der Waals surface area contributed by atoms with Crippen LogP contribution in [0, 0.1) is 18.3 Å². The third-order valence-electron chi connectivity index (χ3n) is 3.38. The quantitative estimate of drug-likeness (QED) is 0.786. The van der Waals surface area contributed by atoms with Gasteiger partial charge in [0.1, 0.15) is 17.6 Å². The molecule has 0 aliphatic heterocycles. The second kappa shape index (κ2) is 6.41. The molecule has 0 aliphatic rings. The monoisotopic (exact) mass is 332 g/mol. The number of amides is 1. The van der Waals surface area contributed by atoms with Gasteiger partial charge in [-0.2, -0.15) is 5.26 Å². The van der Waals surface area contributed by atoms with Crippen LogP contribution in [-0.2, 0) is 18.9 Å². The van der Waals surface area contributed by atoms with Gasteiger partial charge in [0.05, 0.1) is 6.54 Å². The molecule has 1 amide bonds. The fraction of sp³-hybridized carbons (Fsp3) is 0.357. The van der Waals surface area contributed by atoms with E-state index in [1.54, 1.807) is 19.1 Å². The van der Waals surface area contributed by atoms with Gasteiger partial charge in [-0.3, -0.25) is 18.7 Å². The van der Waals surface area contributed by atoms with Crippen LogP contribution in [0.25, 0.3) is 0 Å². The van der Waals surface area contributed by atoms with E-state index in [1.807, 2.05) is 0 Å². The molecule has 24 heavy (non-hydrogen) atoms. The van der Waals surface area contributed by atoms with Gasteiger partial charge in [0.15, 0.2) is 11.4 Å². The molecule has 0 saturated carbocycles. The van der Waals surface area contributed by atoms with E-state index < -0.39 is 17.2 Å². The predicted octanol–water partition coefficient (Wildman–Crippen LogP) is -0.673. The molecule has 2 rings (SSSR count). The molecule has 126 valence electrons. The second-order valence-corrected chi connectivity index (χ2v) is 5.24. The first-order valence-corrected chi connectivity index (χ1v) is 6.90. The van der Waals surface area contributed by atoms with E-state index in [-0.39, 0.29) is 23.7 Å². The summed E-state index contributed by atoms with van der Waals surface area (Å²) in [4.78, 5) is 37.5. The van der Waals surface area contributed by atoms with Crippen LogP contribution in [0.5, 0.6) is 0 Å². The average Bonchev–Trinajstić information content (AvgIpc) is 2.93. The lowest BCUT2D eigenvalue weighted by Crippen LogP contribution is -2.43. The molecule has 0 aromatic carbocycles. The van der Waals surface area contributed by atoms with E-state index in [0.29, 0.717) is 5.76 Å². The van der Waals surface area contributed by atoms with Gasteiger partial charge in [0.2, 0.25) is 5.91 Å². The molecule has 0 radical (unpaired) electrons.